The molecule has 2 saturated heterocycles. The van der Waals surface area contributed by atoms with Crippen molar-refractivity contribution in [3.05, 3.63) is 30.3 Å². The number of hydrogen-bond donors (Lipinski definition) is 1. The molecule has 1 unspecified atom stereocenters. The predicted molar refractivity (Wildman–Crippen MR) is 108 cm³/mol. The zero-order valence-corrected chi connectivity index (χ0v) is 16.7. The molecule has 0 spiro atoms. The lowest BCUT2D eigenvalue weighted by molar-refractivity contribution is -0.140. The van der Waals surface area contributed by atoms with E-state index in [0.29, 0.717) is 25.3 Å². The van der Waals surface area contributed by atoms with Gasteiger partial charge in [-0.3, -0.25) is 9.69 Å². The van der Waals surface area contributed by atoms with E-state index in [1.165, 1.54) is 20.0 Å². The molecule has 27 heavy (non-hydrogen) atoms. The van der Waals surface area contributed by atoms with Crippen molar-refractivity contribution in [1.82, 2.24) is 10.2 Å². The molecule has 2 aliphatic heterocycles. The predicted octanol–water partition coefficient (Wildman–Crippen LogP) is 3.06. The molecule has 1 aromatic rings. The lowest BCUT2D eigenvalue weighted by Gasteiger charge is -2.27. The molecule has 2 amide bonds. The van der Waals surface area contributed by atoms with Crippen LogP contribution < -0.4 is 10.2 Å². The average Bonchev–Trinajstić information content (AvgIpc) is 3.01. The van der Waals surface area contributed by atoms with Crippen molar-refractivity contribution in [3.63, 3.8) is 0 Å². The minimum absolute atomic E-state index is 0. The van der Waals surface area contributed by atoms with Crippen molar-refractivity contribution in [2.75, 3.05) is 38.2 Å². The third kappa shape index (κ3) is 5.59. The quantitative estimate of drug-likeness (QED) is 0.721. The second kappa shape index (κ2) is 10.5. The van der Waals surface area contributed by atoms with Gasteiger partial charge in [-0.15, -0.1) is 12.4 Å². The van der Waals surface area contributed by atoms with Gasteiger partial charge < -0.3 is 15.0 Å². The fourth-order valence-electron chi connectivity index (χ4n) is 3.93. The van der Waals surface area contributed by atoms with Gasteiger partial charge in [-0.05, 0) is 56.8 Å². The monoisotopic (exact) mass is 395 g/mol. The van der Waals surface area contributed by atoms with Crippen molar-refractivity contribution in [1.29, 1.82) is 0 Å². The van der Waals surface area contributed by atoms with E-state index in [2.05, 4.69) is 5.32 Å². The largest absolute Gasteiger partial charge is 0.469 e. The van der Waals surface area contributed by atoms with Gasteiger partial charge in [0.2, 0.25) is 0 Å². The van der Waals surface area contributed by atoms with Crippen LogP contribution in [0.1, 0.15) is 32.1 Å². The summed E-state index contributed by atoms with van der Waals surface area (Å²) < 4.78 is 4.78. The fourth-order valence-corrected chi connectivity index (χ4v) is 3.93. The topological polar surface area (TPSA) is 61.9 Å². The molecule has 0 aromatic heterocycles. The molecule has 2 heterocycles. The highest BCUT2D eigenvalue weighted by Gasteiger charge is 2.38. The normalized spacial score (nSPS) is 20.5. The third-order valence-corrected chi connectivity index (χ3v) is 5.52. The Morgan fingerprint density at radius 3 is 2.56 bits per heavy atom. The summed E-state index contributed by atoms with van der Waals surface area (Å²) in [4.78, 5) is 28.4. The number of para-hydroxylation sites is 1. The molecule has 1 N–H and O–H groups in total. The average molecular weight is 396 g/mol. The zero-order valence-electron chi connectivity index (χ0n) is 15.9. The first-order valence-electron chi connectivity index (χ1n) is 9.59. The fraction of sp³-hybridized carbons (Fsp3) is 0.600. The van der Waals surface area contributed by atoms with Gasteiger partial charge in [-0.1, -0.05) is 18.2 Å². The lowest BCUT2D eigenvalue weighted by Crippen LogP contribution is -2.38. The van der Waals surface area contributed by atoms with E-state index in [9.17, 15) is 9.59 Å². The number of amides is 2. The van der Waals surface area contributed by atoms with Gasteiger partial charge in [0, 0.05) is 25.2 Å². The van der Waals surface area contributed by atoms with Crippen LogP contribution in [0.2, 0.25) is 0 Å². The Morgan fingerprint density at radius 2 is 1.89 bits per heavy atom. The van der Waals surface area contributed by atoms with Crippen LogP contribution in [-0.4, -0.2) is 56.2 Å². The molecule has 2 fully saturated rings. The van der Waals surface area contributed by atoms with E-state index in [1.54, 1.807) is 0 Å². The number of benzene rings is 1. The number of carbonyl (C=O) groups is 2. The van der Waals surface area contributed by atoms with Gasteiger partial charge >= 0.3 is 12.0 Å². The highest BCUT2D eigenvalue weighted by Crippen LogP contribution is 2.27. The third-order valence-electron chi connectivity index (χ3n) is 5.52. The van der Waals surface area contributed by atoms with Gasteiger partial charge in [-0.25, -0.2) is 4.79 Å². The number of anilines is 1. The van der Waals surface area contributed by atoms with Gasteiger partial charge in [0.25, 0.3) is 0 Å². The molecule has 1 atom stereocenters. The second-order valence-corrected chi connectivity index (χ2v) is 7.17. The molecule has 0 saturated carbocycles. The number of carbonyl (C=O) groups excluding carboxylic acids is 2. The van der Waals surface area contributed by atoms with E-state index in [0.717, 1.165) is 31.7 Å². The van der Waals surface area contributed by atoms with E-state index in [4.69, 9.17) is 4.74 Å². The van der Waals surface area contributed by atoms with Crippen LogP contribution in [0.25, 0.3) is 0 Å². The maximum atomic E-state index is 13.0. The Labute approximate surface area is 167 Å². The van der Waals surface area contributed by atoms with E-state index in [-0.39, 0.29) is 30.4 Å². The lowest BCUT2D eigenvalue weighted by atomic mass is 9.94. The van der Waals surface area contributed by atoms with Crippen LogP contribution in [0.4, 0.5) is 10.5 Å². The first-order chi connectivity index (χ1) is 12.7. The highest BCUT2D eigenvalue weighted by atomic mass is 35.5. The minimum atomic E-state index is -0.214. The summed E-state index contributed by atoms with van der Waals surface area (Å²) in [6, 6.07) is 9.89. The number of nitrogens with one attached hydrogen (secondary N) is 1. The van der Waals surface area contributed by atoms with Crippen LogP contribution in [-0.2, 0) is 9.53 Å². The summed E-state index contributed by atoms with van der Waals surface area (Å²) in [5.41, 5.74) is 0.921. The molecule has 0 aliphatic carbocycles. The molecule has 150 valence electrons. The van der Waals surface area contributed by atoms with Crippen molar-refractivity contribution in [2.24, 2.45) is 5.92 Å². The second-order valence-electron chi connectivity index (χ2n) is 7.17. The summed E-state index contributed by atoms with van der Waals surface area (Å²) >= 11 is 0. The number of halogens is 1. The molecule has 1 aromatic carbocycles. The maximum absolute atomic E-state index is 13.0. The molecule has 7 heteroatoms. The van der Waals surface area contributed by atoms with Crippen molar-refractivity contribution >= 4 is 30.1 Å². The Balaban J connectivity index is 0.00000261. The molecule has 0 bridgehead atoms. The number of hydrogen-bond acceptors (Lipinski definition) is 4. The Bertz CT molecular complexity index is 608. The molecule has 2 aliphatic rings. The first-order valence-corrected chi connectivity index (χ1v) is 9.59. The summed E-state index contributed by atoms with van der Waals surface area (Å²) in [5, 5.41) is 3.39. The van der Waals surface area contributed by atoms with E-state index < -0.39 is 0 Å². The number of urea groups is 1. The van der Waals surface area contributed by atoms with E-state index in [1.807, 2.05) is 40.1 Å². The molecule has 3 rings (SSSR count). The maximum Gasteiger partial charge on any atom is 0.324 e. The smallest absolute Gasteiger partial charge is 0.324 e. The van der Waals surface area contributed by atoms with Crippen LogP contribution >= 0.6 is 12.4 Å². The number of ether oxygens (including phenoxy) is 1. The summed E-state index contributed by atoms with van der Waals surface area (Å²) in [6.07, 6.45) is 4.38. The first kappa shape index (κ1) is 21.5. The Kier molecular flexibility index (Phi) is 8.38. The van der Waals surface area contributed by atoms with Crippen LogP contribution in [0.5, 0.6) is 0 Å². The van der Waals surface area contributed by atoms with Gasteiger partial charge in [0.15, 0.2) is 0 Å². The minimum Gasteiger partial charge on any atom is -0.469 e. The highest BCUT2D eigenvalue weighted by molar-refractivity contribution is 5.94. The van der Waals surface area contributed by atoms with Crippen LogP contribution in [0.15, 0.2) is 30.3 Å². The van der Waals surface area contributed by atoms with Gasteiger partial charge in [0.05, 0.1) is 13.2 Å². The van der Waals surface area contributed by atoms with E-state index >= 15 is 0 Å². The molecule has 0 radical (unpaired) electrons. The van der Waals surface area contributed by atoms with Gasteiger partial charge in [-0.2, -0.15) is 0 Å². The molecular formula is C20H30ClN3O3. The number of methoxy groups -OCH3 is 1. The number of nitrogens with zero attached hydrogens (tertiary/aromatic N) is 2. The Morgan fingerprint density at radius 1 is 1.19 bits per heavy atom. The van der Waals surface area contributed by atoms with Gasteiger partial charge in [0.1, 0.15) is 0 Å². The van der Waals surface area contributed by atoms with Crippen LogP contribution in [0, 0.1) is 5.92 Å². The zero-order chi connectivity index (χ0) is 18.4. The Hall–Kier alpha value is -1.79. The summed E-state index contributed by atoms with van der Waals surface area (Å²) in [7, 11) is 1.41. The van der Waals surface area contributed by atoms with Crippen molar-refractivity contribution < 1.29 is 14.3 Å². The van der Waals surface area contributed by atoms with Crippen molar-refractivity contribution in [2.45, 2.75) is 38.1 Å². The van der Waals surface area contributed by atoms with Crippen molar-refractivity contribution in [3.8, 4) is 0 Å². The molecule has 6 nitrogen and oxygen atoms in total. The number of piperidine rings is 1. The number of rotatable bonds is 7. The standard InChI is InChI=1S/C20H29N3O3.ClH/c1-26-19(24)8-7-18-15-23(17-5-3-2-4-6-17)20(25)22(18)14-11-16-9-12-21-13-10-16;/h2-6,16,18,21H,7-15H2,1H3;1H. The summed E-state index contributed by atoms with van der Waals surface area (Å²) in [6.45, 7) is 3.53. The SMILES string of the molecule is COC(=O)CCC1CN(c2ccccc2)C(=O)N1CCC1CCNCC1.Cl. The molecular weight excluding hydrogens is 366 g/mol. The van der Waals surface area contributed by atoms with Crippen LogP contribution in [0.3, 0.4) is 0 Å². The number of esters is 1. The summed E-state index contributed by atoms with van der Waals surface area (Å²) in [5.74, 6) is 0.463.